The predicted molar refractivity (Wildman–Crippen MR) is 46.0 cm³/mol. The third kappa shape index (κ3) is 2.09. The molecule has 2 heteroatoms. The zero-order valence-electron chi connectivity index (χ0n) is 7.26. The number of ether oxygens (including phenoxy) is 1. The summed E-state index contributed by atoms with van der Waals surface area (Å²) in [6.45, 7) is 4.10. The predicted octanol–water partition coefficient (Wildman–Crippen LogP) is 1.97. The zero-order valence-corrected chi connectivity index (χ0v) is 7.26. The Bertz CT molecular complexity index is 279. The number of carbonyl (C=O) groups is 1. The Balaban J connectivity index is 2.81. The highest BCUT2D eigenvalue weighted by Gasteiger charge is 2.04. The molecular formula is C10H11O2. The van der Waals surface area contributed by atoms with Gasteiger partial charge in [-0.1, -0.05) is 6.07 Å². The average Bonchev–Trinajstić information content (AvgIpc) is 2.05. The highest BCUT2D eigenvalue weighted by atomic mass is 16.5. The minimum Gasteiger partial charge on any atom is -0.462 e. The fourth-order valence-corrected chi connectivity index (χ4v) is 0.927. The molecular weight excluding hydrogens is 152 g/mol. The summed E-state index contributed by atoms with van der Waals surface area (Å²) in [5.41, 5.74) is 1.54. The lowest BCUT2D eigenvalue weighted by molar-refractivity contribution is 0.0526. The first-order valence-corrected chi connectivity index (χ1v) is 3.89. The van der Waals surface area contributed by atoms with E-state index in [0.29, 0.717) is 12.2 Å². The number of carbonyl (C=O) groups excluding carboxylic acids is 1. The SMILES string of the molecule is CCOC(=O)c1cc[c]c(C)c1. The van der Waals surface area contributed by atoms with Crippen LogP contribution in [-0.2, 0) is 4.74 Å². The van der Waals surface area contributed by atoms with E-state index in [1.54, 1.807) is 25.1 Å². The molecule has 0 saturated carbocycles. The molecule has 1 aromatic rings. The first-order valence-electron chi connectivity index (χ1n) is 3.89. The molecule has 1 aromatic carbocycles. The third-order valence-corrected chi connectivity index (χ3v) is 1.46. The Labute approximate surface area is 72.2 Å². The summed E-state index contributed by atoms with van der Waals surface area (Å²) in [5, 5.41) is 0. The quantitative estimate of drug-likeness (QED) is 0.623. The lowest BCUT2D eigenvalue weighted by Gasteiger charge is -2.01. The second-order valence-corrected chi connectivity index (χ2v) is 2.48. The van der Waals surface area contributed by atoms with Gasteiger partial charge in [0.2, 0.25) is 0 Å². The molecule has 0 heterocycles. The number of hydrogen-bond acceptors (Lipinski definition) is 2. The van der Waals surface area contributed by atoms with Crippen LogP contribution in [0.2, 0.25) is 0 Å². The lowest BCUT2D eigenvalue weighted by Crippen LogP contribution is -2.04. The highest BCUT2D eigenvalue weighted by molar-refractivity contribution is 5.89. The summed E-state index contributed by atoms with van der Waals surface area (Å²) < 4.78 is 4.83. The second kappa shape index (κ2) is 3.90. The highest BCUT2D eigenvalue weighted by Crippen LogP contribution is 2.04. The van der Waals surface area contributed by atoms with E-state index in [9.17, 15) is 4.79 Å². The molecule has 0 unspecified atom stereocenters. The van der Waals surface area contributed by atoms with Crippen molar-refractivity contribution >= 4 is 5.97 Å². The number of benzene rings is 1. The maximum Gasteiger partial charge on any atom is 0.338 e. The number of hydrogen-bond donors (Lipinski definition) is 0. The van der Waals surface area contributed by atoms with Gasteiger partial charge in [0.15, 0.2) is 0 Å². The zero-order chi connectivity index (χ0) is 8.97. The molecule has 0 aliphatic heterocycles. The molecule has 1 rings (SSSR count). The van der Waals surface area contributed by atoms with Gasteiger partial charge in [0.1, 0.15) is 0 Å². The molecule has 0 aromatic heterocycles. The van der Waals surface area contributed by atoms with Gasteiger partial charge >= 0.3 is 5.97 Å². The largest absolute Gasteiger partial charge is 0.462 e. The molecule has 0 amide bonds. The number of rotatable bonds is 2. The molecule has 1 radical (unpaired) electrons. The molecule has 0 bridgehead atoms. The van der Waals surface area contributed by atoms with Crippen LogP contribution in [0, 0.1) is 13.0 Å². The second-order valence-electron chi connectivity index (χ2n) is 2.48. The molecule has 0 saturated heterocycles. The topological polar surface area (TPSA) is 26.3 Å². The first-order chi connectivity index (χ1) is 5.74. The fraction of sp³-hybridized carbons (Fsp3) is 0.300. The molecule has 0 aliphatic rings. The maximum atomic E-state index is 11.2. The van der Waals surface area contributed by atoms with Crippen molar-refractivity contribution in [2.45, 2.75) is 13.8 Å². The van der Waals surface area contributed by atoms with E-state index >= 15 is 0 Å². The van der Waals surface area contributed by atoms with Gasteiger partial charge in [0.25, 0.3) is 0 Å². The maximum absolute atomic E-state index is 11.2. The van der Waals surface area contributed by atoms with Gasteiger partial charge in [-0.2, -0.15) is 0 Å². The summed E-state index contributed by atoms with van der Waals surface area (Å²) in [4.78, 5) is 11.2. The Morgan fingerprint density at radius 3 is 3.00 bits per heavy atom. The average molecular weight is 163 g/mol. The first kappa shape index (κ1) is 8.78. The Morgan fingerprint density at radius 2 is 2.42 bits per heavy atom. The van der Waals surface area contributed by atoms with Crippen LogP contribution >= 0.6 is 0 Å². The van der Waals surface area contributed by atoms with E-state index in [0.717, 1.165) is 5.56 Å². The lowest BCUT2D eigenvalue weighted by atomic mass is 10.1. The van der Waals surface area contributed by atoms with E-state index < -0.39 is 0 Å². The van der Waals surface area contributed by atoms with Gasteiger partial charge in [-0.05, 0) is 37.6 Å². The van der Waals surface area contributed by atoms with Crippen LogP contribution in [-0.4, -0.2) is 12.6 Å². The monoisotopic (exact) mass is 163 g/mol. The molecule has 0 spiro atoms. The summed E-state index contributed by atoms with van der Waals surface area (Å²) in [6.07, 6.45) is 0. The molecule has 0 aliphatic carbocycles. The third-order valence-electron chi connectivity index (χ3n) is 1.46. The van der Waals surface area contributed by atoms with Gasteiger partial charge in [-0.3, -0.25) is 0 Å². The van der Waals surface area contributed by atoms with Crippen LogP contribution < -0.4 is 0 Å². The smallest absolute Gasteiger partial charge is 0.338 e. The number of aryl methyl sites for hydroxylation is 1. The van der Waals surface area contributed by atoms with Crippen LogP contribution in [0.25, 0.3) is 0 Å². The minimum absolute atomic E-state index is 0.269. The summed E-state index contributed by atoms with van der Waals surface area (Å²) in [5.74, 6) is -0.269. The van der Waals surface area contributed by atoms with Crippen LogP contribution in [0.1, 0.15) is 22.8 Å². The van der Waals surface area contributed by atoms with Crippen molar-refractivity contribution in [2.24, 2.45) is 0 Å². The van der Waals surface area contributed by atoms with Gasteiger partial charge in [0, 0.05) is 0 Å². The molecule has 0 fully saturated rings. The molecule has 12 heavy (non-hydrogen) atoms. The normalized spacial score (nSPS) is 9.50. The van der Waals surface area contributed by atoms with E-state index in [1.807, 2.05) is 6.92 Å². The van der Waals surface area contributed by atoms with Crippen LogP contribution in [0.3, 0.4) is 0 Å². The van der Waals surface area contributed by atoms with Gasteiger partial charge < -0.3 is 4.74 Å². The van der Waals surface area contributed by atoms with Crippen molar-refractivity contribution < 1.29 is 9.53 Å². The summed E-state index contributed by atoms with van der Waals surface area (Å²) in [6, 6.07) is 8.15. The standard InChI is InChI=1S/C10H11O2/c1-3-12-10(11)9-6-4-5-8(2)7-9/h4,6-7H,3H2,1-2H3. The summed E-state index contributed by atoms with van der Waals surface area (Å²) >= 11 is 0. The van der Waals surface area contributed by atoms with Crippen molar-refractivity contribution in [1.82, 2.24) is 0 Å². The van der Waals surface area contributed by atoms with Gasteiger partial charge in [-0.15, -0.1) is 0 Å². The van der Waals surface area contributed by atoms with E-state index in [2.05, 4.69) is 6.07 Å². The molecule has 0 N–H and O–H groups in total. The van der Waals surface area contributed by atoms with Crippen molar-refractivity contribution in [2.75, 3.05) is 6.61 Å². The minimum atomic E-state index is -0.269. The van der Waals surface area contributed by atoms with E-state index in [-0.39, 0.29) is 5.97 Å². The Hall–Kier alpha value is -1.31. The number of esters is 1. The molecule has 63 valence electrons. The molecule has 0 atom stereocenters. The van der Waals surface area contributed by atoms with E-state index in [4.69, 9.17) is 4.74 Å². The van der Waals surface area contributed by atoms with Gasteiger partial charge in [-0.25, -0.2) is 4.79 Å². The van der Waals surface area contributed by atoms with E-state index in [1.165, 1.54) is 0 Å². The van der Waals surface area contributed by atoms with Crippen molar-refractivity contribution in [3.05, 3.63) is 35.4 Å². The van der Waals surface area contributed by atoms with Crippen LogP contribution in [0.5, 0.6) is 0 Å². The van der Waals surface area contributed by atoms with Crippen LogP contribution in [0.4, 0.5) is 0 Å². The van der Waals surface area contributed by atoms with Crippen molar-refractivity contribution in [3.8, 4) is 0 Å². The Kier molecular flexibility index (Phi) is 2.86. The van der Waals surface area contributed by atoms with Crippen LogP contribution in [0.15, 0.2) is 18.2 Å². The van der Waals surface area contributed by atoms with Crippen molar-refractivity contribution in [1.29, 1.82) is 0 Å². The fourth-order valence-electron chi connectivity index (χ4n) is 0.927. The summed E-state index contributed by atoms with van der Waals surface area (Å²) in [7, 11) is 0. The molecule has 2 nitrogen and oxygen atoms in total. The van der Waals surface area contributed by atoms with Gasteiger partial charge in [0.05, 0.1) is 12.2 Å². The Morgan fingerprint density at radius 1 is 1.67 bits per heavy atom. The van der Waals surface area contributed by atoms with Crippen molar-refractivity contribution in [3.63, 3.8) is 0 Å².